The highest BCUT2D eigenvalue weighted by atomic mass is 16.2. The molecule has 4 fully saturated rings. The minimum Gasteiger partial charge on any atom is -0.353 e. The molecule has 0 aromatic heterocycles. The van der Waals surface area contributed by atoms with Crippen LogP contribution in [0.5, 0.6) is 0 Å². The van der Waals surface area contributed by atoms with Crippen molar-refractivity contribution >= 4 is 11.8 Å². The van der Waals surface area contributed by atoms with Crippen LogP contribution >= 0.6 is 0 Å². The normalized spacial score (nSPS) is 30.7. The van der Waals surface area contributed by atoms with Gasteiger partial charge in [-0.1, -0.05) is 37.3 Å². The highest BCUT2D eigenvalue weighted by molar-refractivity contribution is 5.90. The van der Waals surface area contributed by atoms with E-state index in [-0.39, 0.29) is 17.2 Å². The number of amides is 2. The van der Waals surface area contributed by atoms with Gasteiger partial charge < -0.3 is 16.0 Å². The van der Waals surface area contributed by atoms with E-state index in [1.54, 1.807) is 0 Å². The lowest BCUT2D eigenvalue weighted by atomic mass is 9.49. The molecule has 1 aromatic carbocycles. The first-order chi connectivity index (χ1) is 14.1. The SMILES string of the molecule is CCNCCNC(=O)C(Cc1ccccc1)NC(=O)C12CC3CC(CC(C3)C1)C2. The third kappa shape index (κ3) is 4.66. The molecule has 1 atom stereocenters. The summed E-state index contributed by atoms with van der Waals surface area (Å²) in [7, 11) is 0. The zero-order chi connectivity index (χ0) is 20.3. The van der Waals surface area contributed by atoms with E-state index in [0.29, 0.717) is 30.7 Å². The monoisotopic (exact) mass is 397 g/mol. The van der Waals surface area contributed by atoms with Crippen LogP contribution in [0.3, 0.4) is 0 Å². The Hall–Kier alpha value is -1.88. The highest BCUT2D eigenvalue weighted by Gasteiger charge is 2.54. The van der Waals surface area contributed by atoms with Crippen molar-refractivity contribution in [3.63, 3.8) is 0 Å². The predicted octanol–water partition coefficient (Wildman–Crippen LogP) is 2.66. The molecule has 1 aromatic rings. The summed E-state index contributed by atoms with van der Waals surface area (Å²) in [6, 6.07) is 9.47. The van der Waals surface area contributed by atoms with E-state index < -0.39 is 6.04 Å². The lowest BCUT2D eigenvalue weighted by Gasteiger charge is -2.55. The largest absolute Gasteiger partial charge is 0.353 e. The van der Waals surface area contributed by atoms with Gasteiger partial charge in [0.05, 0.1) is 0 Å². The minimum absolute atomic E-state index is 0.0789. The zero-order valence-electron chi connectivity index (χ0n) is 17.6. The predicted molar refractivity (Wildman–Crippen MR) is 114 cm³/mol. The van der Waals surface area contributed by atoms with Gasteiger partial charge in [-0.15, -0.1) is 0 Å². The van der Waals surface area contributed by atoms with E-state index in [1.165, 1.54) is 19.3 Å². The van der Waals surface area contributed by atoms with Gasteiger partial charge in [0.25, 0.3) is 0 Å². The quantitative estimate of drug-likeness (QED) is 0.561. The molecule has 2 amide bonds. The maximum atomic E-state index is 13.5. The zero-order valence-corrected chi connectivity index (χ0v) is 17.6. The Bertz CT molecular complexity index is 683. The molecule has 0 radical (unpaired) electrons. The second kappa shape index (κ2) is 8.86. The van der Waals surface area contributed by atoms with Gasteiger partial charge in [0.2, 0.25) is 11.8 Å². The maximum absolute atomic E-state index is 13.5. The summed E-state index contributed by atoms with van der Waals surface area (Å²) in [5.74, 6) is 2.19. The first-order valence-electron chi connectivity index (χ1n) is 11.4. The van der Waals surface area contributed by atoms with Crippen molar-refractivity contribution in [3.05, 3.63) is 35.9 Å². The Morgan fingerprint density at radius 2 is 1.62 bits per heavy atom. The maximum Gasteiger partial charge on any atom is 0.242 e. The standard InChI is InChI=1S/C24H35N3O2/c1-2-25-8-9-26-22(28)21(13-17-6-4-3-5-7-17)27-23(29)24-14-18-10-19(15-24)12-20(11-18)16-24/h3-7,18-21,25H,2,8-16H2,1H3,(H,26,28)(H,27,29). The van der Waals surface area contributed by atoms with Crippen LogP contribution in [0.2, 0.25) is 0 Å². The second-order valence-corrected chi connectivity index (χ2v) is 9.56. The molecule has 4 aliphatic carbocycles. The van der Waals surface area contributed by atoms with Crippen molar-refractivity contribution < 1.29 is 9.59 Å². The molecule has 5 nitrogen and oxygen atoms in total. The van der Waals surface area contributed by atoms with Crippen molar-refractivity contribution in [2.75, 3.05) is 19.6 Å². The Morgan fingerprint density at radius 1 is 1.00 bits per heavy atom. The van der Waals surface area contributed by atoms with Crippen LogP contribution in [0.15, 0.2) is 30.3 Å². The smallest absolute Gasteiger partial charge is 0.242 e. The first kappa shape index (κ1) is 20.4. The molecule has 0 spiro atoms. The van der Waals surface area contributed by atoms with E-state index in [0.717, 1.165) is 37.9 Å². The topological polar surface area (TPSA) is 70.2 Å². The van der Waals surface area contributed by atoms with Crippen molar-refractivity contribution in [2.45, 2.75) is 57.9 Å². The van der Waals surface area contributed by atoms with E-state index >= 15 is 0 Å². The molecule has 5 heteroatoms. The van der Waals surface area contributed by atoms with E-state index in [2.05, 4.69) is 16.0 Å². The van der Waals surface area contributed by atoms with Crippen LogP contribution in [0, 0.1) is 23.2 Å². The fraction of sp³-hybridized carbons (Fsp3) is 0.667. The fourth-order valence-corrected chi connectivity index (χ4v) is 6.33. The van der Waals surface area contributed by atoms with Gasteiger partial charge in [-0.2, -0.15) is 0 Å². The molecule has 0 heterocycles. The molecule has 4 aliphatic rings. The summed E-state index contributed by atoms with van der Waals surface area (Å²) in [6.07, 6.45) is 7.52. The molecular weight excluding hydrogens is 362 g/mol. The Kier molecular flexibility index (Phi) is 6.23. The number of nitrogens with one attached hydrogen (secondary N) is 3. The third-order valence-electron chi connectivity index (χ3n) is 7.28. The molecule has 5 rings (SSSR count). The molecule has 1 unspecified atom stereocenters. The second-order valence-electron chi connectivity index (χ2n) is 9.56. The highest BCUT2D eigenvalue weighted by Crippen LogP contribution is 2.60. The van der Waals surface area contributed by atoms with E-state index in [1.807, 2.05) is 37.3 Å². The average Bonchev–Trinajstić information content (AvgIpc) is 2.70. The van der Waals surface area contributed by atoms with Crippen LogP contribution in [0.25, 0.3) is 0 Å². The number of rotatable bonds is 9. The van der Waals surface area contributed by atoms with Crippen LogP contribution in [0.1, 0.15) is 51.0 Å². The van der Waals surface area contributed by atoms with E-state index in [9.17, 15) is 9.59 Å². The summed E-state index contributed by atoms with van der Waals surface area (Å²) >= 11 is 0. The lowest BCUT2D eigenvalue weighted by molar-refractivity contribution is -0.148. The molecule has 4 saturated carbocycles. The minimum atomic E-state index is -0.514. The molecule has 29 heavy (non-hydrogen) atoms. The average molecular weight is 398 g/mol. The summed E-state index contributed by atoms with van der Waals surface area (Å²) in [5, 5.41) is 9.41. The summed E-state index contributed by atoms with van der Waals surface area (Å²) in [6.45, 7) is 4.24. The van der Waals surface area contributed by atoms with Gasteiger partial charge in [-0.3, -0.25) is 9.59 Å². The van der Waals surface area contributed by atoms with Gasteiger partial charge >= 0.3 is 0 Å². The first-order valence-corrected chi connectivity index (χ1v) is 11.4. The molecule has 0 saturated heterocycles. The van der Waals surface area contributed by atoms with Gasteiger partial charge in [-0.25, -0.2) is 0 Å². The van der Waals surface area contributed by atoms with Gasteiger partial charge in [-0.05, 0) is 68.4 Å². The summed E-state index contributed by atoms with van der Waals surface area (Å²) in [4.78, 5) is 26.4. The number of hydrogen-bond acceptors (Lipinski definition) is 3. The molecule has 4 bridgehead atoms. The molecular formula is C24H35N3O2. The number of carbonyl (C=O) groups excluding carboxylic acids is 2. The van der Waals surface area contributed by atoms with Crippen LogP contribution in [-0.2, 0) is 16.0 Å². The molecule has 3 N–H and O–H groups in total. The van der Waals surface area contributed by atoms with Crippen molar-refractivity contribution in [2.24, 2.45) is 23.2 Å². The number of benzene rings is 1. The van der Waals surface area contributed by atoms with Gasteiger partial charge in [0.15, 0.2) is 0 Å². The van der Waals surface area contributed by atoms with Gasteiger partial charge in [0.1, 0.15) is 6.04 Å². The Morgan fingerprint density at radius 3 is 2.21 bits per heavy atom. The molecule has 158 valence electrons. The van der Waals surface area contributed by atoms with Crippen LogP contribution < -0.4 is 16.0 Å². The van der Waals surface area contributed by atoms with Crippen molar-refractivity contribution in [1.29, 1.82) is 0 Å². The lowest BCUT2D eigenvalue weighted by Crippen LogP contribution is -2.58. The van der Waals surface area contributed by atoms with Crippen molar-refractivity contribution in [1.82, 2.24) is 16.0 Å². The number of likely N-dealkylation sites (N-methyl/N-ethyl adjacent to an activating group) is 1. The Balaban J connectivity index is 1.44. The van der Waals surface area contributed by atoms with Gasteiger partial charge in [0, 0.05) is 24.9 Å². The summed E-state index contributed by atoms with van der Waals surface area (Å²) < 4.78 is 0. The third-order valence-corrected chi connectivity index (χ3v) is 7.28. The van der Waals surface area contributed by atoms with E-state index in [4.69, 9.17) is 0 Å². The number of carbonyl (C=O) groups is 2. The fourth-order valence-electron chi connectivity index (χ4n) is 6.33. The number of hydrogen-bond donors (Lipinski definition) is 3. The van der Waals surface area contributed by atoms with Crippen LogP contribution in [0.4, 0.5) is 0 Å². The molecule has 0 aliphatic heterocycles. The summed E-state index contributed by atoms with van der Waals surface area (Å²) in [5.41, 5.74) is 0.846. The van der Waals surface area contributed by atoms with Crippen LogP contribution in [-0.4, -0.2) is 37.5 Å². The Labute approximate surface area is 174 Å². The van der Waals surface area contributed by atoms with Crippen molar-refractivity contribution in [3.8, 4) is 0 Å².